The summed E-state index contributed by atoms with van der Waals surface area (Å²) in [5.74, 6) is -0.427. The van der Waals surface area contributed by atoms with Crippen molar-refractivity contribution in [2.45, 2.75) is 20.3 Å². The van der Waals surface area contributed by atoms with Gasteiger partial charge in [0.25, 0.3) is 0 Å². The highest BCUT2D eigenvalue weighted by Crippen LogP contribution is 2.12. The number of imidazole rings is 1. The predicted octanol–water partition coefficient (Wildman–Crippen LogP) is 1.30. The summed E-state index contributed by atoms with van der Waals surface area (Å²) in [4.78, 5) is 14.8. The number of hydrogen-bond donors (Lipinski definition) is 1. The van der Waals surface area contributed by atoms with Crippen LogP contribution in [0.25, 0.3) is 5.52 Å². The number of aromatic nitrogens is 3. The quantitative estimate of drug-likeness (QED) is 0.802. The maximum absolute atomic E-state index is 10.9. The van der Waals surface area contributed by atoms with Crippen LogP contribution in [0.3, 0.4) is 0 Å². The van der Waals surface area contributed by atoms with Crippen LogP contribution in [0.2, 0.25) is 0 Å². The summed E-state index contributed by atoms with van der Waals surface area (Å²) in [5, 5.41) is 13.2. The monoisotopic (exact) mass is 205 g/mol. The molecule has 0 aliphatic carbocycles. The molecule has 0 atom stereocenters. The van der Waals surface area contributed by atoms with Crippen LogP contribution in [0.4, 0.5) is 0 Å². The molecule has 0 aliphatic heterocycles. The van der Waals surface area contributed by atoms with Gasteiger partial charge < -0.3 is 5.11 Å². The van der Waals surface area contributed by atoms with Gasteiger partial charge in [-0.3, -0.25) is 0 Å². The summed E-state index contributed by atoms with van der Waals surface area (Å²) in [6, 6.07) is 3.57. The highest BCUT2D eigenvalue weighted by molar-refractivity contribution is 5.93. The first-order valence-electron chi connectivity index (χ1n) is 4.72. The highest BCUT2D eigenvalue weighted by atomic mass is 16.4. The third-order valence-corrected chi connectivity index (χ3v) is 2.28. The SMILES string of the molecule is CCc1ccc2c(C(=O)O)nc(C)n2n1. The van der Waals surface area contributed by atoms with Crippen molar-refractivity contribution < 1.29 is 9.90 Å². The zero-order chi connectivity index (χ0) is 11.0. The van der Waals surface area contributed by atoms with E-state index in [1.807, 2.05) is 13.0 Å². The molecule has 0 saturated heterocycles. The second-order valence-electron chi connectivity index (χ2n) is 3.29. The normalized spacial score (nSPS) is 10.8. The molecule has 2 aromatic heterocycles. The highest BCUT2D eigenvalue weighted by Gasteiger charge is 2.15. The van der Waals surface area contributed by atoms with Crippen molar-refractivity contribution in [3.63, 3.8) is 0 Å². The first-order valence-corrected chi connectivity index (χ1v) is 4.72. The maximum atomic E-state index is 10.9. The molecule has 0 saturated carbocycles. The molecule has 0 aliphatic rings. The second kappa shape index (κ2) is 3.34. The summed E-state index contributed by atoms with van der Waals surface area (Å²) in [6.07, 6.45) is 0.815. The van der Waals surface area contributed by atoms with Gasteiger partial charge in [0, 0.05) is 0 Å². The molecule has 0 spiro atoms. The molecule has 0 amide bonds. The Bertz CT molecular complexity index is 531. The minimum absolute atomic E-state index is 0.0580. The number of fused-ring (bicyclic) bond motifs is 1. The van der Waals surface area contributed by atoms with E-state index in [-0.39, 0.29) is 5.69 Å². The summed E-state index contributed by atoms with van der Waals surface area (Å²) in [7, 11) is 0. The maximum Gasteiger partial charge on any atom is 0.356 e. The molecule has 1 N–H and O–H groups in total. The van der Waals surface area contributed by atoms with Gasteiger partial charge in [-0.15, -0.1) is 0 Å². The molecular weight excluding hydrogens is 194 g/mol. The number of rotatable bonds is 2. The average molecular weight is 205 g/mol. The van der Waals surface area contributed by atoms with E-state index < -0.39 is 5.97 Å². The Hall–Kier alpha value is -1.91. The van der Waals surface area contributed by atoms with Crippen molar-refractivity contribution >= 4 is 11.5 Å². The van der Waals surface area contributed by atoms with Gasteiger partial charge in [0.1, 0.15) is 5.82 Å². The van der Waals surface area contributed by atoms with Gasteiger partial charge in [-0.1, -0.05) is 6.92 Å². The molecule has 2 aromatic rings. The van der Waals surface area contributed by atoms with E-state index in [1.165, 1.54) is 0 Å². The molecule has 0 radical (unpaired) electrons. The van der Waals surface area contributed by atoms with E-state index in [0.717, 1.165) is 12.1 Å². The largest absolute Gasteiger partial charge is 0.476 e. The second-order valence-corrected chi connectivity index (χ2v) is 3.29. The van der Waals surface area contributed by atoms with Crippen LogP contribution in [0, 0.1) is 6.92 Å². The molecule has 15 heavy (non-hydrogen) atoms. The van der Waals surface area contributed by atoms with Crippen molar-refractivity contribution in [2.75, 3.05) is 0 Å². The lowest BCUT2D eigenvalue weighted by Crippen LogP contribution is -2.00. The Labute approximate surface area is 86.4 Å². The fourth-order valence-electron chi connectivity index (χ4n) is 1.50. The van der Waals surface area contributed by atoms with E-state index in [4.69, 9.17) is 5.11 Å². The molecule has 5 nitrogen and oxygen atoms in total. The summed E-state index contributed by atoms with van der Waals surface area (Å²) in [6.45, 7) is 3.74. The number of hydrogen-bond acceptors (Lipinski definition) is 3. The predicted molar refractivity (Wildman–Crippen MR) is 54.1 cm³/mol. The molecule has 78 valence electrons. The molecule has 0 fully saturated rings. The van der Waals surface area contributed by atoms with Gasteiger partial charge in [-0.25, -0.2) is 14.3 Å². The summed E-state index contributed by atoms with van der Waals surface area (Å²) in [5.41, 5.74) is 1.51. The first kappa shape index (κ1) is 9.64. The number of carbonyl (C=O) groups is 1. The number of carboxylic acid groups (broad SMARTS) is 1. The zero-order valence-electron chi connectivity index (χ0n) is 8.56. The lowest BCUT2D eigenvalue weighted by Gasteiger charge is -1.98. The van der Waals surface area contributed by atoms with Crippen LogP contribution in [0.1, 0.15) is 28.9 Å². The minimum Gasteiger partial charge on any atom is -0.476 e. The molecule has 0 aromatic carbocycles. The van der Waals surface area contributed by atoms with E-state index in [0.29, 0.717) is 11.3 Å². The van der Waals surface area contributed by atoms with Gasteiger partial charge in [0.15, 0.2) is 5.69 Å². The Kier molecular flexibility index (Phi) is 2.15. The molecule has 2 rings (SSSR count). The number of aromatic carboxylic acids is 1. The van der Waals surface area contributed by atoms with Gasteiger partial charge in [0.2, 0.25) is 0 Å². The standard InChI is InChI=1S/C10H11N3O2/c1-3-7-4-5-8-9(10(14)15)11-6(2)13(8)12-7/h4-5H,3H2,1-2H3,(H,14,15). The van der Waals surface area contributed by atoms with Crippen molar-refractivity contribution in [1.29, 1.82) is 0 Å². The van der Waals surface area contributed by atoms with Crippen molar-refractivity contribution in [1.82, 2.24) is 14.6 Å². The first-order chi connectivity index (χ1) is 7.13. The summed E-state index contributed by atoms with van der Waals surface area (Å²) >= 11 is 0. The van der Waals surface area contributed by atoms with Crippen molar-refractivity contribution in [3.8, 4) is 0 Å². The zero-order valence-corrected chi connectivity index (χ0v) is 8.56. The van der Waals surface area contributed by atoms with Crippen molar-refractivity contribution in [3.05, 3.63) is 29.3 Å². The van der Waals surface area contributed by atoms with Gasteiger partial charge in [0.05, 0.1) is 11.2 Å². The molecule has 5 heteroatoms. The molecular formula is C10H11N3O2. The fourth-order valence-corrected chi connectivity index (χ4v) is 1.50. The lowest BCUT2D eigenvalue weighted by molar-refractivity contribution is 0.0693. The Balaban J connectivity index is 2.75. The number of nitrogens with zero attached hydrogens (tertiary/aromatic N) is 3. The van der Waals surface area contributed by atoms with E-state index in [1.54, 1.807) is 17.5 Å². The van der Waals surface area contributed by atoms with Gasteiger partial charge in [-0.05, 0) is 25.5 Å². The van der Waals surface area contributed by atoms with Crippen molar-refractivity contribution in [2.24, 2.45) is 0 Å². The molecule has 0 bridgehead atoms. The Morgan fingerprint density at radius 1 is 1.53 bits per heavy atom. The van der Waals surface area contributed by atoms with Crippen LogP contribution < -0.4 is 0 Å². The summed E-state index contributed by atoms with van der Waals surface area (Å²) < 4.78 is 1.57. The average Bonchev–Trinajstić information content (AvgIpc) is 2.56. The van der Waals surface area contributed by atoms with Crippen LogP contribution >= 0.6 is 0 Å². The third kappa shape index (κ3) is 1.45. The minimum atomic E-state index is -1.02. The smallest absolute Gasteiger partial charge is 0.356 e. The Morgan fingerprint density at radius 2 is 2.27 bits per heavy atom. The van der Waals surface area contributed by atoms with E-state index >= 15 is 0 Å². The topological polar surface area (TPSA) is 67.5 Å². The van der Waals surface area contributed by atoms with Crippen LogP contribution in [0.5, 0.6) is 0 Å². The van der Waals surface area contributed by atoms with Gasteiger partial charge in [-0.2, -0.15) is 5.10 Å². The molecule has 2 heterocycles. The van der Waals surface area contributed by atoms with E-state index in [9.17, 15) is 4.79 Å². The Morgan fingerprint density at radius 3 is 2.87 bits per heavy atom. The fraction of sp³-hybridized carbons (Fsp3) is 0.300. The third-order valence-electron chi connectivity index (χ3n) is 2.28. The number of carboxylic acids is 1. The van der Waals surface area contributed by atoms with Gasteiger partial charge >= 0.3 is 5.97 Å². The van der Waals surface area contributed by atoms with Crippen LogP contribution in [0.15, 0.2) is 12.1 Å². The van der Waals surface area contributed by atoms with Crippen LogP contribution in [-0.2, 0) is 6.42 Å². The van der Waals surface area contributed by atoms with Crippen LogP contribution in [-0.4, -0.2) is 25.7 Å². The lowest BCUT2D eigenvalue weighted by atomic mass is 10.3. The number of aryl methyl sites for hydroxylation is 2. The van der Waals surface area contributed by atoms with E-state index in [2.05, 4.69) is 10.1 Å². The molecule has 0 unspecified atom stereocenters.